The van der Waals surface area contributed by atoms with Crippen molar-refractivity contribution in [2.24, 2.45) is 0 Å². The average Bonchev–Trinajstić information content (AvgIpc) is 2.64. The van der Waals surface area contributed by atoms with Crippen molar-refractivity contribution in [2.75, 3.05) is 0 Å². The fourth-order valence-electron chi connectivity index (χ4n) is 1.99. The van der Waals surface area contributed by atoms with Crippen LogP contribution in [-0.2, 0) is 0 Å². The first-order chi connectivity index (χ1) is 7.66. The third-order valence-electron chi connectivity index (χ3n) is 2.88. The Morgan fingerprint density at radius 3 is 2.88 bits per heavy atom. The van der Waals surface area contributed by atoms with Gasteiger partial charge in [-0.1, -0.05) is 22.0 Å². The van der Waals surface area contributed by atoms with Crippen molar-refractivity contribution in [3.63, 3.8) is 0 Å². The maximum Gasteiger partial charge on any atom is 0.251 e. The second-order valence-corrected chi connectivity index (χ2v) is 5.00. The second kappa shape index (κ2) is 4.97. The molecule has 1 fully saturated rings. The summed E-state index contributed by atoms with van der Waals surface area (Å²) in [6, 6.07) is 7.15. The van der Waals surface area contributed by atoms with E-state index in [1.807, 2.05) is 12.1 Å². The molecule has 4 heteroatoms. The van der Waals surface area contributed by atoms with Gasteiger partial charge in [-0.25, -0.2) is 0 Å². The van der Waals surface area contributed by atoms with E-state index in [4.69, 9.17) is 0 Å². The number of carbonyl (C=O) groups is 1. The smallest absolute Gasteiger partial charge is 0.251 e. The molecule has 0 saturated heterocycles. The van der Waals surface area contributed by atoms with Crippen molar-refractivity contribution < 1.29 is 9.90 Å². The zero-order valence-corrected chi connectivity index (χ0v) is 10.4. The van der Waals surface area contributed by atoms with Crippen LogP contribution in [0.15, 0.2) is 28.7 Å². The maximum atomic E-state index is 11.9. The maximum absolute atomic E-state index is 11.9. The number of aliphatic hydroxyl groups is 1. The molecule has 16 heavy (non-hydrogen) atoms. The predicted molar refractivity (Wildman–Crippen MR) is 65.3 cm³/mol. The van der Waals surface area contributed by atoms with Crippen LogP contribution in [0.2, 0.25) is 0 Å². The van der Waals surface area contributed by atoms with E-state index in [1.54, 1.807) is 12.1 Å². The van der Waals surface area contributed by atoms with Crippen LogP contribution in [0.5, 0.6) is 0 Å². The minimum Gasteiger partial charge on any atom is -0.391 e. The summed E-state index contributed by atoms with van der Waals surface area (Å²) in [6.45, 7) is 0. The van der Waals surface area contributed by atoms with E-state index in [0.717, 1.165) is 23.7 Å². The molecular formula is C12H14BrNO2. The van der Waals surface area contributed by atoms with Gasteiger partial charge >= 0.3 is 0 Å². The Hall–Kier alpha value is -0.870. The third kappa shape index (κ3) is 2.62. The molecule has 0 bridgehead atoms. The number of rotatable bonds is 2. The van der Waals surface area contributed by atoms with E-state index in [1.165, 1.54) is 0 Å². The first-order valence-electron chi connectivity index (χ1n) is 5.41. The molecule has 1 aliphatic rings. The van der Waals surface area contributed by atoms with Gasteiger partial charge in [0.1, 0.15) is 0 Å². The molecule has 0 radical (unpaired) electrons. The molecule has 2 N–H and O–H groups in total. The monoisotopic (exact) mass is 283 g/mol. The summed E-state index contributed by atoms with van der Waals surface area (Å²) in [4.78, 5) is 11.9. The Morgan fingerprint density at radius 1 is 1.44 bits per heavy atom. The Balaban J connectivity index is 2.03. The van der Waals surface area contributed by atoms with Crippen molar-refractivity contribution >= 4 is 21.8 Å². The first kappa shape index (κ1) is 11.6. The van der Waals surface area contributed by atoms with Crippen LogP contribution in [0.1, 0.15) is 29.6 Å². The number of aliphatic hydroxyl groups excluding tert-OH is 1. The molecule has 1 amide bonds. The minimum absolute atomic E-state index is 0.0912. The van der Waals surface area contributed by atoms with Gasteiger partial charge < -0.3 is 10.4 Å². The van der Waals surface area contributed by atoms with E-state index < -0.39 is 6.10 Å². The standard InChI is InChI=1S/C12H14BrNO2/c13-9-4-1-3-8(7-9)12(16)14-10-5-2-6-11(10)15/h1,3-4,7,10-11,15H,2,5-6H2,(H,14,16). The number of amides is 1. The zero-order valence-electron chi connectivity index (χ0n) is 8.82. The normalized spacial score (nSPS) is 24.4. The molecular weight excluding hydrogens is 270 g/mol. The lowest BCUT2D eigenvalue weighted by molar-refractivity contribution is 0.0873. The van der Waals surface area contributed by atoms with Crippen LogP contribution < -0.4 is 5.32 Å². The molecule has 0 aromatic heterocycles. The second-order valence-electron chi connectivity index (χ2n) is 4.09. The van der Waals surface area contributed by atoms with Crippen molar-refractivity contribution in [1.29, 1.82) is 0 Å². The van der Waals surface area contributed by atoms with Gasteiger partial charge in [-0.3, -0.25) is 4.79 Å². The topological polar surface area (TPSA) is 49.3 Å². The summed E-state index contributed by atoms with van der Waals surface area (Å²) in [5, 5.41) is 12.5. The van der Waals surface area contributed by atoms with E-state index in [2.05, 4.69) is 21.2 Å². The molecule has 2 unspecified atom stereocenters. The van der Waals surface area contributed by atoms with Gasteiger partial charge in [0.15, 0.2) is 0 Å². The highest BCUT2D eigenvalue weighted by molar-refractivity contribution is 9.10. The molecule has 1 aromatic rings. The van der Waals surface area contributed by atoms with Gasteiger partial charge in [-0.05, 0) is 37.5 Å². The molecule has 86 valence electrons. The number of hydrogen-bond acceptors (Lipinski definition) is 2. The number of benzene rings is 1. The number of halogens is 1. The van der Waals surface area contributed by atoms with Gasteiger partial charge in [0.2, 0.25) is 0 Å². The summed E-state index contributed by atoms with van der Waals surface area (Å²) in [6.07, 6.45) is 2.23. The number of carbonyl (C=O) groups excluding carboxylic acids is 1. The molecule has 2 atom stereocenters. The van der Waals surface area contributed by atoms with Crippen LogP contribution in [0.3, 0.4) is 0 Å². The van der Waals surface area contributed by atoms with Gasteiger partial charge in [-0.2, -0.15) is 0 Å². The van der Waals surface area contributed by atoms with E-state index in [0.29, 0.717) is 5.56 Å². The quantitative estimate of drug-likeness (QED) is 0.873. The average molecular weight is 284 g/mol. The third-order valence-corrected chi connectivity index (χ3v) is 3.38. The summed E-state index contributed by atoms with van der Waals surface area (Å²) < 4.78 is 0.882. The molecule has 0 aliphatic heterocycles. The van der Waals surface area contributed by atoms with E-state index in [9.17, 15) is 9.90 Å². The Morgan fingerprint density at radius 2 is 2.25 bits per heavy atom. The van der Waals surface area contributed by atoms with E-state index >= 15 is 0 Å². The predicted octanol–water partition coefficient (Wildman–Crippen LogP) is 2.09. The van der Waals surface area contributed by atoms with Crippen LogP contribution in [0.25, 0.3) is 0 Å². The van der Waals surface area contributed by atoms with Crippen LogP contribution >= 0.6 is 15.9 Å². The molecule has 0 heterocycles. The van der Waals surface area contributed by atoms with Crippen molar-refractivity contribution in [2.45, 2.75) is 31.4 Å². The molecule has 3 nitrogen and oxygen atoms in total. The minimum atomic E-state index is -0.392. The Labute approximate surface area is 103 Å². The SMILES string of the molecule is O=C(NC1CCCC1O)c1cccc(Br)c1. The molecule has 0 spiro atoms. The Kier molecular flexibility index (Phi) is 3.61. The summed E-state index contributed by atoms with van der Waals surface area (Å²) >= 11 is 3.33. The lowest BCUT2D eigenvalue weighted by atomic mass is 10.1. The summed E-state index contributed by atoms with van der Waals surface area (Å²) in [5.74, 6) is -0.118. The van der Waals surface area contributed by atoms with Crippen LogP contribution in [-0.4, -0.2) is 23.2 Å². The first-order valence-corrected chi connectivity index (χ1v) is 6.20. The Bertz CT molecular complexity index is 394. The highest BCUT2D eigenvalue weighted by Gasteiger charge is 2.26. The van der Waals surface area contributed by atoms with Crippen molar-refractivity contribution in [1.82, 2.24) is 5.32 Å². The van der Waals surface area contributed by atoms with Gasteiger partial charge in [0.05, 0.1) is 12.1 Å². The summed E-state index contributed by atoms with van der Waals surface area (Å²) in [7, 11) is 0. The number of hydrogen-bond donors (Lipinski definition) is 2. The molecule has 2 rings (SSSR count). The highest BCUT2D eigenvalue weighted by Crippen LogP contribution is 2.19. The lowest BCUT2D eigenvalue weighted by Crippen LogP contribution is -2.39. The van der Waals surface area contributed by atoms with Crippen molar-refractivity contribution in [3.05, 3.63) is 34.3 Å². The molecule has 1 aliphatic carbocycles. The van der Waals surface area contributed by atoms with Gasteiger partial charge in [0, 0.05) is 10.0 Å². The van der Waals surface area contributed by atoms with Crippen LogP contribution in [0.4, 0.5) is 0 Å². The van der Waals surface area contributed by atoms with Crippen molar-refractivity contribution in [3.8, 4) is 0 Å². The molecule has 1 aromatic carbocycles. The number of nitrogens with one attached hydrogen (secondary N) is 1. The zero-order chi connectivity index (χ0) is 11.5. The van der Waals surface area contributed by atoms with Crippen LogP contribution in [0, 0.1) is 0 Å². The molecule has 1 saturated carbocycles. The van der Waals surface area contributed by atoms with Gasteiger partial charge in [0.25, 0.3) is 5.91 Å². The summed E-state index contributed by atoms with van der Waals surface area (Å²) in [5.41, 5.74) is 0.619. The van der Waals surface area contributed by atoms with E-state index in [-0.39, 0.29) is 11.9 Å². The fourth-order valence-corrected chi connectivity index (χ4v) is 2.39. The highest BCUT2D eigenvalue weighted by atomic mass is 79.9. The van der Waals surface area contributed by atoms with Gasteiger partial charge in [-0.15, -0.1) is 0 Å². The largest absolute Gasteiger partial charge is 0.391 e. The lowest BCUT2D eigenvalue weighted by Gasteiger charge is -2.16. The fraction of sp³-hybridized carbons (Fsp3) is 0.417.